The quantitative estimate of drug-likeness (QED) is 0.578. The number of aromatic nitrogens is 3. The fraction of sp³-hybridized carbons (Fsp3) is 0.211. The molecule has 3 rings (SSSR count). The molecule has 27 heavy (non-hydrogen) atoms. The van der Waals surface area contributed by atoms with E-state index < -0.39 is 0 Å². The van der Waals surface area contributed by atoms with E-state index in [1.165, 1.54) is 11.8 Å². The number of rotatable bonds is 6. The molecular weight excluding hydrogens is 403 g/mol. The van der Waals surface area contributed by atoms with Gasteiger partial charge < -0.3 is 5.32 Å². The van der Waals surface area contributed by atoms with E-state index >= 15 is 0 Å². The number of halogens is 2. The summed E-state index contributed by atoms with van der Waals surface area (Å²) in [5.41, 5.74) is 2.81. The van der Waals surface area contributed by atoms with Crippen molar-refractivity contribution in [2.45, 2.75) is 25.0 Å². The van der Waals surface area contributed by atoms with Crippen LogP contribution in [0.3, 0.4) is 0 Å². The average molecular weight is 421 g/mol. The third-order valence-corrected chi connectivity index (χ3v) is 5.59. The van der Waals surface area contributed by atoms with Gasteiger partial charge in [0, 0.05) is 10.0 Å². The average Bonchev–Trinajstić information content (AvgIpc) is 3.11. The van der Waals surface area contributed by atoms with Gasteiger partial charge in [-0.3, -0.25) is 9.36 Å². The number of amides is 1. The molecular formula is C19H18Cl2N4OS. The Labute approximate surface area is 172 Å². The highest BCUT2D eigenvalue weighted by Gasteiger charge is 2.13. The van der Waals surface area contributed by atoms with Gasteiger partial charge in [-0.25, -0.2) is 0 Å². The molecule has 1 unspecified atom stereocenters. The smallest absolute Gasteiger partial charge is 0.230 e. The summed E-state index contributed by atoms with van der Waals surface area (Å²) in [6.45, 7) is 3.87. The molecule has 0 radical (unpaired) electrons. The van der Waals surface area contributed by atoms with Crippen LogP contribution in [0.25, 0.3) is 5.69 Å². The Morgan fingerprint density at radius 2 is 2.07 bits per heavy atom. The van der Waals surface area contributed by atoms with Crippen molar-refractivity contribution in [3.8, 4) is 5.69 Å². The fourth-order valence-corrected chi connectivity index (χ4v) is 3.62. The molecule has 140 valence electrons. The molecule has 0 aliphatic heterocycles. The minimum Gasteiger partial charge on any atom is -0.349 e. The zero-order valence-corrected chi connectivity index (χ0v) is 17.1. The van der Waals surface area contributed by atoms with Gasteiger partial charge >= 0.3 is 0 Å². The summed E-state index contributed by atoms with van der Waals surface area (Å²) in [6.07, 6.45) is 1.61. The molecule has 8 heteroatoms. The molecule has 0 fully saturated rings. The third-order valence-electron chi connectivity index (χ3n) is 4.01. The van der Waals surface area contributed by atoms with Crippen molar-refractivity contribution in [2.75, 3.05) is 5.75 Å². The maximum Gasteiger partial charge on any atom is 0.230 e. The van der Waals surface area contributed by atoms with Crippen molar-refractivity contribution in [2.24, 2.45) is 0 Å². The Bertz CT molecular complexity index is 960. The van der Waals surface area contributed by atoms with Gasteiger partial charge in [0.1, 0.15) is 6.33 Å². The van der Waals surface area contributed by atoms with E-state index in [2.05, 4.69) is 15.5 Å². The number of thioether (sulfide) groups is 1. The monoisotopic (exact) mass is 420 g/mol. The summed E-state index contributed by atoms with van der Waals surface area (Å²) in [5, 5.41) is 13.0. The number of aryl methyl sites for hydroxylation is 1. The van der Waals surface area contributed by atoms with Crippen molar-refractivity contribution in [3.63, 3.8) is 0 Å². The number of nitrogens with one attached hydrogen (secondary N) is 1. The summed E-state index contributed by atoms with van der Waals surface area (Å²) in [5.74, 6) is 0.132. The zero-order valence-electron chi connectivity index (χ0n) is 14.8. The van der Waals surface area contributed by atoms with Crippen LogP contribution >= 0.6 is 35.0 Å². The predicted octanol–water partition coefficient (Wildman–Crippen LogP) is 4.85. The molecule has 3 aromatic rings. The van der Waals surface area contributed by atoms with E-state index in [0.717, 1.165) is 16.8 Å². The highest BCUT2D eigenvalue weighted by molar-refractivity contribution is 7.99. The van der Waals surface area contributed by atoms with E-state index in [9.17, 15) is 4.79 Å². The van der Waals surface area contributed by atoms with Crippen molar-refractivity contribution in [3.05, 3.63) is 70.0 Å². The van der Waals surface area contributed by atoms with Crippen LogP contribution in [-0.2, 0) is 4.79 Å². The Kier molecular flexibility index (Phi) is 6.42. The van der Waals surface area contributed by atoms with Crippen LogP contribution in [-0.4, -0.2) is 26.4 Å². The molecule has 0 spiro atoms. The minimum absolute atomic E-state index is 0.0936. The number of carbonyl (C=O) groups is 1. The highest BCUT2D eigenvalue weighted by Crippen LogP contribution is 2.24. The molecule has 0 saturated carbocycles. The molecule has 2 aromatic carbocycles. The van der Waals surface area contributed by atoms with E-state index in [1.807, 2.05) is 54.8 Å². The molecule has 1 atom stereocenters. The van der Waals surface area contributed by atoms with Crippen LogP contribution in [0.15, 0.2) is 53.9 Å². The van der Waals surface area contributed by atoms with Crippen molar-refractivity contribution in [1.29, 1.82) is 0 Å². The van der Waals surface area contributed by atoms with E-state index in [0.29, 0.717) is 15.2 Å². The number of carbonyl (C=O) groups excluding carboxylic acids is 1. The van der Waals surface area contributed by atoms with Crippen LogP contribution in [0, 0.1) is 6.92 Å². The molecule has 0 bridgehead atoms. The first kappa shape index (κ1) is 19.7. The minimum atomic E-state index is -0.134. The number of benzene rings is 2. The van der Waals surface area contributed by atoms with E-state index in [-0.39, 0.29) is 17.7 Å². The topological polar surface area (TPSA) is 59.8 Å². The first-order valence-corrected chi connectivity index (χ1v) is 10.0. The van der Waals surface area contributed by atoms with Gasteiger partial charge in [-0.1, -0.05) is 53.2 Å². The van der Waals surface area contributed by atoms with Gasteiger partial charge in [0.05, 0.1) is 17.5 Å². The Morgan fingerprint density at radius 1 is 1.26 bits per heavy atom. The second-order valence-corrected chi connectivity index (χ2v) is 7.84. The summed E-state index contributed by atoms with van der Waals surface area (Å²) < 4.78 is 1.81. The van der Waals surface area contributed by atoms with Crippen LogP contribution in [0.4, 0.5) is 0 Å². The van der Waals surface area contributed by atoms with Gasteiger partial charge in [-0.15, -0.1) is 10.2 Å². The van der Waals surface area contributed by atoms with Gasteiger partial charge in [-0.05, 0) is 49.2 Å². The lowest BCUT2D eigenvalue weighted by Crippen LogP contribution is -2.28. The Morgan fingerprint density at radius 3 is 2.81 bits per heavy atom. The SMILES string of the molecule is Cc1ccc(-n2cnnc2SCC(=O)NC(C)c2cccc(Cl)c2)cc1Cl. The molecule has 0 aliphatic carbocycles. The van der Waals surface area contributed by atoms with Gasteiger partial charge in [0.25, 0.3) is 0 Å². The standard InChI is InChI=1S/C19H18Cl2N4OS/c1-12-6-7-16(9-17(12)21)25-11-22-24-19(25)27-10-18(26)23-13(2)14-4-3-5-15(20)8-14/h3-9,11,13H,10H2,1-2H3,(H,23,26). The maximum atomic E-state index is 12.3. The van der Waals surface area contributed by atoms with Gasteiger partial charge in [0.2, 0.25) is 5.91 Å². The number of hydrogen-bond acceptors (Lipinski definition) is 4. The summed E-state index contributed by atoms with van der Waals surface area (Å²) >= 11 is 13.5. The first-order valence-electron chi connectivity index (χ1n) is 8.28. The van der Waals surface area contributed by atoms with Crippen molar-refractivity contribution in [1.82, 2.24) is 20.1 Å². The highest BCUT2D eigenvalue weighted by atomic mass is 35.5. The Hall–Kier alpha value is -2.02. The van der Waals surface area contributed by atoms with Crippen LogP contribution < -0.4 is 5.32 Å². The third kappa shape index (κ3) is 5.03. The largest absolute Gasteiger partial charge is 0.349 e. The number of nitrogens with zero attached hydrogens (tertiary/aromatic N) is 3. The second-order valence-electron chi connectivity index (χ2n) is 6.05. The van der Waals surface area contributed by atoms with Crippen molar-refractivity contribution >= 4 is 40.9 Å². The predicted molar refractivity (Wildman–Crippen MR) is 110 cm³/mol. The van der Waals surface area contributed by atoms with E-state index in [4.69, 9.17) is 23.2 Å². The van der Waals surface area contributed by atoms with Gasteiger partial charge in [-0.2, -0.15) is 0 Å². The normalized spacial score (nSPS) is 12.0. The van der Waals surface area contributed by atoms with Crippen LogP contribution in [0.1, 0.15) is 24.1 Å². The molecule has 5 nitrogen and oxygen atoms in total. The Balaban J connectivity index is 1.63. The summed E-state index contributed by atoms with van der Waals surface area (Å²) in [4.78, 5) is 12.3. The molecule has 0 saturated heterocycles. The lowest BCUT2D eigenvalue weighted by atomic mass is 10.1. The fourth-order valence-electron chi connectivity index (χ4n) is 2.50. The molecule has 1 heterocycles. The van der Waals surface area contributed by atoms with Crippen molar-refractivity contribution < 1.29 is 4.79 Å². The molecule has 0 aliphatic rings. The maximum absolute atomic E-state index is 12.3. The lowest BCUT2D eigenvalue weighted by molar-refractivity contribution is -0.119. The van der Waals surface area contributed by atoms with Crippen LogP contribution in [0.2, 0.25) is 10.0 Å². The van der Waals surface area contributed by atoms with Gasteiger partial charge in [0.15, 0.2) is 5.16 Å². The first-order chi connectivity index (χ1) is 12.9. The summed E-state index contributed by atoms with van der Waals surface area (Å²) in [6, 6.07) is 13.0. The zero-order chi connectivity index (χ0) is 19.4. The molecule has 1 N–H and O–H groups in total. The number of hydrogen-bond donors (Lipinski definition) is 1. The summed E-state index contributed by atoms with van der Waals surface area (Å²) in [7, 11) is 0. The molecule has 1 amide bonds. The lowest BCUT2D eigenvalue weighted by Gasteiger charge is -2.14. The van der Waals surface area contributed by atoms with E-state index in [1.54, 1.807) is 12.4 Å². The van der Waals surface area contributed by atoms with Crippen LogP contribution in [0.5, 0.6) is 0 Å². The second kappa shape index (κ2) is 8.78. The molecule has 1 aromatic heterocycles.